The summed E-state index contributed by atoms with van der Waals surface area (Å²) in [4.78, 5) is 19.6. The lowest BCUT2D eigenvalue weighted by molar-refractivity contribution is 0.0789. The molecule has 2 N–H and O–H groups in total. The number of likely N-dealkylation sites (tertiary alicyclic amines) is 1. The molecule has 3 aromatic carbocycles. The minimum atomic E-state index is -0.674. The summed E-state index contributed by atoms with van der Waals surface area (Å²) in [6.45, 7) is 1.88. The van der Waals surface area contributed by atoms with Crippen molar-refractivity contribution in [3.63, 3.8) is 0 Å². The second-order valence-corrected chi connectivity index (χ2v) is 9.09. The first kappa shape index (κ1) is 24.3. The van der Waals surface area contributed by atoms with Gasteiger partial charge in [0.25, 0.3) is 5.91 Å². The van der Waals surface area contributed by atoms with Gasteiger partial charge in [-0.25, -0.2) is 0 Å². The van der Waals surface area contributed by atoms with Crippen LogP contribution in [0.4, 0.5) is 0 Å². The Morgan fingerprint density at radius 1 is 1.08 bits per heavy atom. The minimum Gasteiger partial charge on any atom is -0.496 e. The smallest absolute Gasteiger partial charge is 0.257 e. The third-order valence-electron chi connectivity index (χ3n) is 6.74. The number of amides is 1. The van der Waals surface area contributed by atoms with Crippen molar-refractivity contribution in [3.8, 4) is 17.6 Å². The summed E-state index contributed by atoms with van der Waals surface area (Å²) in [7, 11) is 1.56. The summed E-state index contributed by atoms with van der Waals surface area (Å²) in [6.07, 6.45) is 3.72. The second kappa shape index (κ2) is 10.7. The van der Waals surface area contributed by atoms with Crippen molar-refractivity contribution in [2.45, 2.75) is 25.5 Å². The van der Waals surface area contributed by atoms with Crippen molar-refractivity contribution in [2.75, 3.05) is 20.2 Å². The fraction of sp³-hybridized carbons (Fsp3) is 0.233. The molecule has 1 fully saturated rings. The number of carbonyl (C=O) groups excluding carboxylic acids is 1. The van der Waals surface area contributed by atoms with Gasteiger partial charge >= 0.3 is 0 Å². The van der Waals surface area contributed by atoms with E-state index >= 15 is 0 Å². The zero-order valence-corrected chi connectivity index (χ0v) is 20.7. The number of nitrogens with two attached hydrogens (primary N) is 1. The number of fused-ring (bicyclic) bond motifs is 1. The van der Waals surface area contributed by atoms with Gasteiger partial charge in [0.1, 0.15) is 18.1 Å². The number of aromatic nitrogens is 1. The van der Waals surface area contributed by atoms with Crippen LogP contribution in [0, 0.1) is 11.3 Å². The Balaban J connectivity index is 1.54. The average molecular weight is 493 g/mol. The predicted octanol–water partition coefficient (Wildman–Crippen LogP) is 4.98. The lowest BCUT2D eigenvalue weighted by Crippen LogP contribution is -2.28. The molecular weight excluding hydrogens is 464 g/mol. The Morgan fingerprint density at radius 2 is 1.86 bits per heavy atom. The van der Waals surface area contributed by atoms with Crippen LogP contribution in [-0.2, 0) is 6.61 Å². The number of hydrogen-bond donors (Lipinski definition) is 1. The highest BCUT2D eigenvalue weighted by Crippen LogP contribution is 2.35. The average Bonchev–Trinajstić information content (AvgIpc) is 3.50. The summed E-state index contributed by atoms with van der Waals surface area (Å²) in [6, 6.07) is 22.1. The Morgan fingerprint density at radius 3 is 2.59 bits per heavy atom. The number of carbonyl (C=O) groups is 1. The summed E-state index contributed by atoms with van der Waals surface area (Å²) in [5, 5.41) is 11.1. The zero-order chi connectivity index (χ0) is 25.8. The lowest BCUT2D eigenvalue weighted by Gasteiger charge is -2.20. The first-order valence-corrected chi connectivity index (χ1v) is 12.3. The molecule has 0 radical (unpaired) electrons. The third kappa shape index (κ3) is 4.97. The van der Waals surface area contributed by atoms with Crippen LogP contribution >= 0.6 is 0 Å². The summed E-state index contributed by atoms with van der Waals surface area (Å²) in [5.41, 5.74) is 10.1. The molecule has 1 aliphatic heterocycles. The van der Waals surface area contributed by atoms with Crippen LogP contribution < -0.4 is 15.2 Å². The summed E-state index contributed by atoms with van der Waals surface area (Å²) < 4.78 is 11.8. The molecular formula is C30H28N4O3. The number of nitrogens with zero attached hydrogens (tertiary/aromatic N) is 3. The van der Waals surface area contributed by atoms with Crippen LogP contribution in [-0.4, -0.2) is 36.0 Å². The maximum absolute atomic E-state index is 13.2. The van der Waals surface area contributed by atoms with E-state index in [1.807, 2.05) is 53.4 Å². The largest absolute Gasteiger partial charge is 0.496 e. The zero-order valence-electron chi connectivity index (χ0n) is 20.7. The Bertz CT molecular complexity index is 1470. The van der Waals surface area contributed by atoms with Crippen molar-refractivity contribution in [3.05, 3.63) is 101 Å². The van der Waals surface area contributed by atoms with Gasteiger partial charge in [-0.1, -0.05) is 30.3 Å². The van der Waals surface area contributed by atoms with Crippen LogP contribution in [0.25, 0.3) is 10.8 Å². The molecule has 1 saturated heterocycles. The normalized spacial score (nSPS) is 13.8. The topological polar surface area (TPSA) is 101 Å². The van der Waals surface area contributed by atoms with Gasteiger partial charge in [0.15, 0.2) is 0 Å². The highest BCUT2D eigenvalue weighted by molar-refractivity contribution is 6.02. The number of hydrogen-bond acceptors (Lipinski definition) is 6. The molecule has 7 nitrogen and oxygen atoms in total. The lowest BCUT2D eigenvalue weighted by atomic mass is 9.95. The third-order valence-corrected chi connectivity index (χ3v) is 6.74. The van der Waals surface area contributed by atoms with E-state index in [1.54, 1.807) is 31.5 Å². The molecule has 0 saturated carbocycles. The van der Waals surface area contributed by atoms with Crippen LogP contribution in [0.5, 0.6) is 11.5 Å². The molecule has 37 heavy (non-hydrogen) atoms. The molecule has 2 heterocycles. The van der Waals surface area contributed by atoms with Gasteiger partial charge in [0.2, 0.25) is 0 Å². The Labute approximate surface area is 216 Å². The molecule has 1 aliphatic rings. The molecule has 1 amide bonds. The quantitative estimate of drug-likeness (QED) is 0.391. The van der Waals surface area contributed by atoms with Gasteiger partial charge in [-0.15, -0.1) is 0 Å². The van der Waals surface area contributed by atoms with E-state index in [1.165, 1.54) is 0 Å². The molecule has 5 rings (SSSR count). The molecule has 1 unspecified atom stereocenters. The number of pyridine rings is 1. The number of methoxy groups -OCH3 is 1. The van der Waals surface area contributed by atoms with E-state index in [2.05, 4.69) is 11.1 Å². The van der Waals surface area contributed by atoms with Crippen LogP contribution in [0.3, 0.4) is 0 Å². The van der Waals surface area contributed by atoms with Gasteiger partial charge in [-0.05, 0) is 60.2 Å². The maximum Gasteiger partial charge on any atom is 0.257 e. The number of benzene rings is 3. The molecule has 1 aromatic heterocycles. The first-order chi connectivity index (χ1) is 18.1. The van der Waals surface area contributed by atoms with Gasteiger partial charge in [0, 0.05) is 30.2 Å². The first-order valence-electron chi connectivity index (χ1n) is 12.3. The fourth-order valence-corrected chi connectivity index (χ4v) is 4.77. The Hall–Kier alpha value is -4.41. The van der Waals surface area contributed by atoms with E-state index in [0.29, 0.717) is 40.5 Å². The maximum atomic E-state index is 13.2. The van der Waals surface area contributed by atoms with Crippen LogP contribution in [0.1, 0.15) is 51.6 Å². The summed E-state index contributed by atoms with van der Waals surface area (Å²) in [5.74, 6) is 1.04. The van der Waals surface area contributed by atoms with Crippen molar-refractivity contribution in [1.29, 1.82) is 5.26 Å². The highest BCUT2D eigenvalue weighted by Gasteiger charge is 2.25. The predicted molar refractivity (Wildman–Crippen MR) is 141 cm³/mol. The molecule has 4 aromatic rings. The van der Waals surface area contributed by atoms with E-state index in [0.717, 1.165) is 42.3 Å². The Kier molecular flexibility index (Phi) is 7.02. The van der Waals surface area contributed by atoms with Crippen molar-refractivity contribution in [1.82, 2.24) is 9.88 Å². The standard InChI is InChI=1S/C30H28N4O3/c1-36-27-17-23-22(16-25(27)30(35)34-13-5-6-14-34)11-12-33-29(23)28(32)24-15-21(18-31)9-10-26(24)37-19-20-7-3-2-4-8-20/h2-4,7-12,15-17,28H,5-6,13-14,19,32H2,1H3. The van der Waals surface area contributed by atoms with Crippen LogP contribution in [0.2, 0.25) is 0 Å². The second-order valence-electron chi connectivity index (χ2n) is 9.09. The highest BCUT2D eigenvalue weighted by atomic mass is 16.5. The van der Waals surface area contributed by atoms with Crippen molar-refractivity contribution in [2.24, 2.45) is 5.73 Å². The van der Waals surface area contributed by atoms with Gasteiger partial charge < -0.3 is 20.1 Å². The monoisotopic (exact) mass is 492 g/mol. The van der Waals surface area contributed by atoms with E-state index in [4.69, 9.17) is 15.2 Å². The van der Waals surface area contributed by atoms with Gasteiger partial charge in [-0.3, -0.25) is 9.78 Å². The molecule has 186 valence electrons. The molecule has 0 spiro atoms. The van der Waals surface area contributed by atoms with E-state index < -0.39 is 6.04 Å². The van der Waals surface area contributed by atoms with Crippen LogP contribution in [0.15, 0.2) is 72.9 Å². The molecule has 1 atom stereocenters. The molecule has 0 bridgehead atoms. The molecule has 7 heteroatoms. The number of rotatable bonds is 7. The van der Waals surface area contributed by atoms with E-state index in [-0.39, 0.29) is 5.91 Å². The van der Waals surface area contributed by atoms with Gasteiger partial charge in [0.05, 0.1) is 36.0 Å². The van der Waals surface area contributed by atoms with Crippen molar-refractivity contribution < 1.29 is 14.3 Å². The number of ether oxygens (including phenoxy) is 2. The SMILES string of the molecule is COc1cc2c(C(N)c3cc(C#N)ccc3OCc3ccccc3)nccc2cc1C(=O)N1CCCC1. The fourth-order valence-electron chi connectivity index (χ4n) is 4.77. The van der Waals surface area contributed by atoms with E-state index in [9.17, 15) is 10.1 Å². The minimum absolute atomic E-state index is 0.0303. The number of nitriles is 1. The molecule has 0 aliphatic carbocycles. The summed E-state index contributed by atoms with van der Waals surface area (Å²) >= 11 is 0. The van der Waals surface area contributed by atoms with Gasteiger partial charge in [-0.2, -0.15) is 5.26 Å². The van der Waals surface area contributed by atoms with Crippen molar-refractivity contribution >= 4 is 16.7 Å².